The van der Waals surface area contributed by atoms with Gasteiger partial charge >= 0.3 is 0 Å². The molecule has 2 aliphatic heterocycles. The maximum absolute atomic E-state index is 6.28. The second-order valence-corrected chi connectivity index (χ2v) is 6.29. The van der Waals surface area contributed by atoms with Crippen molar-refractivity contribution in [3.05, 3.63) is 28.8 Å². The van der Waals surface area contributed by atoms with Crippen molar-refractivity contribution in [2.45, 2.75) is 37.9 Å². The average molecular weight is 280 g/mol. The molecule has 2 unspecified atom stereocenters. The number of benzene rings is 1. The Hall–Kier alpha value is -0.770. The lowest BCUT2D eigenvalue weighted by Gasteiger charge is -2.26. The van der Waals surface area contributed by atoms with Crippen molar-refractivity contribution in [2.24, 2.45) is 0 Å². The van der Waals surface area contributed by atoms with Crippen LogP contribution < -0.4 is 5.73 Å². The smallest absolute Gasteiger partial charge is 0.0471 e. The van der Waals surface area contributed by atoms with E-state index in [9.17, 15) is 0 Å². The summed E-state index contributed by atoms with van der Waals surface area (Å²) in [5, 5.41) is 0.794. The Bertz CT molecular complexity index is 442. The van der Waals surface area contributed by atoms with Crippen molar-refractivity contribution in [3.63, 3.8) is 0 Å². The molecule has 0 spiro atoms. The highest BCUT2D eigenvalue weighted by molar-refractivity contribution is 6.31. The maximum Gasteiger partial charge on any atom is 0.0471 e. The van der Waals surface area contributed by atoms with Gasteiger partial charge in [0, 0.05) is 48.0 Å². The molecule has 2 N–H and O–H groups in total. The molecule has 0 saturated carbocycles. The van der Waals surface area contributed by atoms with Gasteiger partial charge in [-0.25, -0.2) is 0 Å². The fourth-order valence-electron chi connectivity index (χ4n) is 3.49. The molecule has 0 aromatic heterocycles. The lowest BCUT2D eigenvalue weighted by molar-refractivity contribution is 0.215. The Kier molecular flexibility index (Phi) is 3.70. The first kappa shape index (κ1) is 13.2. The predicted octanol–water partition coefficient (Wildman–Crippen LogP) is 2.59. The number of hydrogen-bond donors (Lipinski definition) is 1. The van der Waals surface area contributed by atoms with E-state index in [-0.39, 0.29) is 0 Å². The molecule has 2 aliphatic rings. The molecular weight excluding hydrogens is 258 g/mol. The summed E-state index contributed by atoms with van der Waals surface area (Å²) in [7, 11) is 2.27. The Morgan fingerprint density at radius 3 is 2.84 bits per heavy atom. The summed E-state index contributed by atoms with van der Waals surface area (Å²) in [5.74, 6) is 0. The summed E-state index contributed by atoms with van der Waals surface area (Å²) < 4.78 is 0. The zero-order valence-electron chi connectivity index (χ0n) is 11.5. The number of nitrogens with two attached hydrogens (primary N) is 1. The first-order chi connectivity index (χ1) is 9.15. The van der Waals surface area contributed by atoms with Crippen LogP contribution in [0.3, 0.4) is 0 Å². The first-order valence-corrected chi connectivity index (χ1v) is 7.50. The van der Waals surface area contributed by atoms with Crippen LogP contribution in [0, 0.1) is 0 Å². The van der Waals surface area contributed by atoms with Gasteiger partial charge in [0.15, 0.2) is 0 Å². The zero-order valence-corrected chi connectivity index (χ0v) is 12.2. The molecule has 2 saturated heterocycles. The molecule has 0 radical (unpaired) electrons. The van der Waals surface area contributed by atoms with Gasteiger partial charge in [-0.15, -0.1) is 0 Å². The fraction of sp³-hybridized carbons (Fsp3) is 0.600. The number of likely N-dealkylation sites (N-methyl/N-ethyl adjacent to an activating group) is 1. The quantitative estimate of drug-likeness (QED) is 0.845. The van der Waals surface area contributed by atoms with Crippen LogP contribution >= 0.6 is 11.6 Å². The molecule has 2 atom stereocenters. The first-order valence-electron chi connectivity index (χ1n) is 7.12. The van der Waals surface area contributed by atoms with Gasteiger partial charge in [0.1, 0.15) is 0 Å². The van der Waals surface area contributed by atoms with E-state index >= 15 is 0 Å². The van der Waals surface area contributed by atoms with Crippen LogP contribution in [0.1, 0.15) is 24.8 Å². The van der Waals surface area contributed by atoms with Crippen molar-refractivity contribution in [2.75, 3.05) is 25.9 Å². The van der Waals surface area contributed by atoms with Gasteiger partial charge in [-0.05, 0) is 38.4 Å². The van der Waals surface area contributed by atoms with E-state index in [1.807, 2.05) is 18.2 Å². The molecule has 19 heavy (non-hydrogen) atoms. The average Bonchev–Trinajstić information content (AvgIpc) is 2.61. The number of nitrogens with zero attached hydrogens (tertiary/aromatic N) is 2. The van der Waals surface area contributed by atoms with E-state index in [4.69, 9.17) is 17.3 Å². The number of halogens is 1. The Morgan fingerprint density at radius 1 is 1.26 bits per heavy atom. The van der Waals surface area contributed by atoms with Gasteiger partial charge in [-0.2, -0.15) is 0 Å². The Balaban J connectivity index is 1.74. The standard InChI is InChI=1S/C15H22ClN3/c1-18-11-5-6-12(18)9-19(8-7-11)10-13-14(16)3-2-4-15(13)17/h2-4,11-12H,5-10,17H2,1H3. The second kappa shape index (κ2) is 5.31. The molecular formula is C15H22ClN3. The second-order valence-electron chi connectivity index (χ2n) is 5.88. The molecule has 104 valence electrons. The van der Waals surface area contributed by atoms with Crippen molar-refractivity contribution < 1.29 is 0 Å². The molecule has 0 aliphatic carbocycles. The van der Waals surface area contributed by atoms with Crippen LogP contribution in [-0.4, -0.2) is 42.0 Å². The number of hydrogen-bond acceptors (Lipinski definition) is 3. The van der Waals surface area contributed by atoms with E-state index in [1.54, 1.807) is 0 Å². The maximum atomic E-state index is 6.28. The Morgan fingerprint density at radius 2 is 2.05 bits per heavy atom. The summed E-state index contributed by atoms with van der Waals surface area (Å²) >= 11 is 6.28. The minimum Gasteiger partial charge on any atom is -0.398 e. The van der Waals surface area contributed by atoms with E-state index in [2.05, 4.69) is 16.8 Å². The van der Waals surface area contributed by atoms with E-state index in [0.717, 1.165) is 41.9 Å². The van der Waals surface area contributed by atoms with Crippen LogP contribution in [0.25, 0.3) is 0 Å². The van der Waals surface area contributed by atoms with Gasteiger partial charge in [-0.3, -0.25) is 9.80 Å². The summed E-state index contributed by atoms with van der Waals surface area (Å²) in [6.45, 7) is 3.16. The van der Waals surface area contributed by atoms with Gasteiger partial charge in [0.2, 0.25) is 0 Å². The molecule has 3 rings (SSSR count). The van der Waals surface area contributed by atoms with E-state index in [0.29, 0.717) is 6.04 Å². The lowest BCUT2D eigenvalue weighted by Crippen LogP contribution is -2.36. The van der Waals surface area contributed by atoms with E-state index in [1.165, 1.54) is 19.3 Å². The van der Waals surface area contributed by atoms with Crippen LogP contribution in [0.4, 0.5) is 5.69 Å². The summed E-state index contributed by atoms with van der Waals surface area (Å²) in [6, 6.07) is 7.27. The third kappa shape index (κ3) is 2.60. The van der Waals surface area contributed by atoms with Crippen LogP contribution in [0.15, 0.2) is 18.2 Å². The van der Waals surface area contributed by atoms with Gasteiger partial charge in [0.05, 0.1) is 0 Å². The third-order valence-electron chi connectivity index (χ3n) is 4.77. The molecule has 3 nitrogen and oxygen atoms in total. The minimum absolute atomic E-state index is 0.705. The summed E-state index contributed by atoms with van der Waals surface area (Å²) in [4.78, 5) is 5.08. The van der Waals surface area contributed by atoms with Crippen molar-refractivity contribution >= 4 is 17.3 Å². The SMILES string of the molecule is CN1C2CCC1CN(Cc1c(N)cccc1Cl)CC2. The number of anilines is 1. The highest BCUT2D eigenvalue weighted by Crippen LogP contribution is 2.30. The molecule has 2 heterocycles. The lowest BCUT2D eigenvalue weighted by atomic mass is 10.1. The van der Waals surface area contributed by atoms with Gasteiger partial charge in [0.25, 0.3) is 0 Å². The Labute approximate surface area is 120 Å². The van der Waals surface area contributed by atoms with Crippen LogP contribution in [0.2, 0.25) is 5.02 Å². The highest BCUT2D eigenvalue weighted by Gasteiger charge is 2.34. The molecule has 2 fully saturated rings. The van der Waals surface area contributed by atoms with Crippen molar-refractivity contribution in [1.29, 1.82) is 0 Å². The number of likely N-dealkylation sites (tertiary alicyclic amines) is 1. The molecule has 1 aromatic rings. The third-order valence-corrected chi connectivity index (χ3v) is 5.12. The topological polar surface area (TPSA) is 32.5 Å². The van der Waals surface area contributed by atoms with Crippen molar-refractivity contribution in [1.82, 2.24) is 9.80 Å². The number of rotatable bonds is 2. The minimum atomic E-state index is 0.705. The monoisotopic (exact) mass is 279 g/mol. The number of nitrogen functional groups attached to an aromatic ring is 1. The summed E-state index contributed by atoms with van der Waals surface area (Å²) in [6.07, 6.45) is 3.95. The van der Waals surface area contributed by atoms with Crippen LogP contribution in [0.5, 0.6) is 0 Å². The molecule has 2 bridgehead atoms. The van der Waals surface area contributed by atoms with Crippen molar-refractivity contribution in [3.8, 4) is 0 Å². The largest absolute Gasteiger partial charge is 0.398 e. The van der Waals surface area contributed by atoms with Crippen LogP contribution in [-0.2, 0) is 6.54 Å². The van der Waals surface area contributed by atoms with Gasteiger partial charge in [-0.1, -0.05) is 17.7 Å². The molecule has 0 amide bonds. The van der Waals surface area contributed by atoms with E-state index < -0.39 is 0 Å². The summed E-state index contributed by atoms with van der Waals surface area (Å²) in [5.41, 5.74) is 7.96. The normalized spacial score (nSPS) is 28.5. The highest BCUT2D eigenvalue weighted by atomic mass is 35.5. The van der Waals surface area contributed by atoms with Gasteiger partial charge < -0.3 is 5.73 Å². The molecule has 1 aromatic carbocycles. The molecule has 4 heteroatoms. The zero-order chi connectivity index (χ0) is 13.4. The predicted molar refractivity (Wildman–Crippen MR) is 80.3 cm³/mol. The fourth-order valence-corrected chi connectivity index (χ4v) is 3.73. The number of fused-ring (bicyclic) bond motifs is 2.